The fraction of sp³-hybridized carbons (Fsp3) is 0.444. The van der Waals surface area contributed by atoms with E-state index in [-0.39, 0.29) is 16.2 Å². The minimum Gasteiger partial charge on any atom is -0.495 e. The molecule has 0 spiro atoms. The maximum atomic E-state index is 12.9. The number of aromatic nitrogens is 1. The maximum Gasteiger partial charge on any atom is 0.257 e. The Bertz CT molecular complexity index is 932. The molecule has 27 heavy (non-hydrogen) atoms. The van der Waals surface area contributed by atoms with Gasteiger partial charge in [-0.05, 0) is 31.0 Å². The molecule has 1 saturated carbocycles. The SMILES string of the molecule is CCN(CC)S(=O)(=O)c1cc(C(=O)Nc2nc(C3CC3)cs2)ccc1OC. The summed E-state index contributed by atoms with van der Waals surface area (Å²) in [5.41, 5.74) is 1.25. The smallest absolute Gasteiger partial charge is 0.257 e. The van der Waals surface area contributed by atoms with Gasteiger partial charge in [0.1, 0.15) is 10.6 Å². The minimum absolute atomic E-state index is 0.0147. The van der Waals surface area contributed by atoms with E-state index in [1.807, 2.05) is 5.38 Å². The number of anilines is 1. The third kappa shape index (κ3) is 4.15. The quantitative estimate of drug-likeness (QED) is 0.723. The zero-order valence-corrected chi connectivity index (χ0v) is 17.2. The lowest BCUT2D eigenvalue weighted by atomic mass is 10.2. The number of rotatable bonds is 8. The highest BCUT2D eigenvalue weighted by molar-refractivity contribution is 7.89. The number of carbonyl (C=O) groups is 1. The highest BCUT2D eigenvalue weighted by Crippen LogP contribution is 2.41. The molecule has 0 atom stereocenters. The second-order valence-electron chi connectivity index (χ2n) is 6.26. The van der Waals surface area contributed by atoms with E-state index in [4.69, 9.17) is 4.74 Å². The number of amides is 1. The Morgan fingerprint density at radius 3 is 2.63 bits per heavy atom. The van der Waals surface area contributed by atoms with E-state index in [2.05, 4.69) is 10.3 Å². The van der Waals surface area contributed by atoms with Crippen molar-refractivity contribution in [3.05, 3.63) is 34.8 Å². The molecule has 146 valence electrons. The largest absolute Gasteiger partial charge is 0.495 e. The Morgan fingerprint density at radius 2 is 2.04 bits per heavy atom. The molecule has 9 heteroatoms. The summed E-state index contributed by atoms with van der Waals surface area (Å²) < 4.78 is 32.3. The number of hydrogen-bond acceptors (Lipinski definition) is 6. The Morgan fingerprint density at radius 1 is 1.33 bits per heavy atom. The molecule has 1 amide bonds. The van der Waals surface area contributed by atoms with Gasteiger partial charge in [0.25, 0.3) is 5.91 Å². The van der Waals surface area contributed by atoms with E-state index in [1.165, 1.54) is 34.9 Å². The van der Waals surface area contributed by atoms with Gasteiger partial charge in [0.05, 0.1) is 12.8 Å². The molecule has 7 nitrogen and oxygen atoms in total. The second-order valence-corrected chi connectivity index (χ2v) is 9.03. The van der Waals surface area contributed by atoms with E-state index in [9.17, 15) is 13.2 Å². The van der Waals surface area contributed by atoms with E-state index in [1.54, 1.807) is 19.9 Å². The molecule has 3 rings (SSSR count). The molecule has 1 fully saturated rings. The molecule has 1 aromatic heterocycles. The van der Waals surface area contributed by atoms with Crippen LogP contribution in [-0.4, -0.2) is 43.8 Å². The predicted octanol–water partition coefficient (Wildman–Crippen LogP) is 3.31. The molecule has 0 radical (unpaired) electrons. The number of benzene rings is 1. The van der Waals surface area contributed by atoms with Crippen LogP contribution in [0.3, 0.4) is 0 Å². The molecule has 2 aromatic rings. The van der Waals surface area contributed by atoms with Crippen LogP contribution in [0.15, 0.2) is 28.5 Å². The predicted molar refractivity (Wildman–Crippen MR) is 105 cm³/mol. The molecule has 1 N–H and O–H groups in total. The van der Waals surface area contributed by atoms with E-state index in [0.29, 0.717) is 24.1 Å². The summed E-state index contributed by atoms with van der Waals surface area (Å²) in [4.78, 5) is 17.0. The lowest BCUT2D eigenvalue weighted by molar-refractivity contribution is 0.102. The number of nitrogens with one attached hydrogen (secondary N) is 1. The third-order valence-electron chi connectivity index (χ3n) is 4.49. The Hall–Kier alpha value is -1.97. The van der Waals surface area contributed by atoms with E-state index >= 15 is 0 Å². The Balaban J connectivity index is 1.88. The van der Waals surface area contributed by atoms with Crippen molar-refractivity contribution in [2.24, 2.45) is 0 Å². The molecular formula is C18H23N3O4S2. The van der Waals surface area contributed by atoms with Gasteiger partial charge in [-0.2, -0.15) is 4.31 Å². The van der Waals surface area contributed by atoms with Crippen molar-refractivity contribution in [3.63, 3.8) is 0 Å². The molecule has 0 aliphatic heterocycles. The topological polar surface area (TPSA) is 88.6 Å². The number of thiazole rings is 1. The zero-order valence-electron chi connectivity index (χ0n) is 15.6. The van der Waals surface area contributed by atoms with Gasteiger partial charge in [-0.25, -0.2) is 13.4 Å². The first-order chi connectivity index (χ1) is 12.9. The highest BCUT2D eigenvalue weighted by Gasteiger charge is 2.28. The van der Waals surface area contributed by atoms with Crippen molar-refractivity contribution in [1.82, 2.24) is 9.29 Å². The average Bonchev–Trinajstić information content (AvgIpc) is 3.41. The summed E-state index contributed by atoms with van der Waals surface area (Å²) in [7, 11) is -2.35. The first kappa shape index (κ1) is 19.8. The normalized spacial score (nSPS) is 14.4. The summed E-state index contributed by atoms with van der Waals surface area (Å²) in [6.45, 7) is 4.21. The lowest BCUT2D eigenvalue weighted by Gasteiger charge is -2.20. The molecule has 1 aromatic carbocycles. The van der Waals surface area contributed by atoms with Crippen LogP contribution in [0.2, 0.25) is 0 Å². The van der Waals surface area contributed by atoms with Crippen molar-refractivity contribution in [2.45, 2.75) is 37.5 Å². The van der Waals surface area contributed by atoms with Crippen molar-refractivity contribution in [1.29, 1.82) is 0 Å². The van der Waals surface area contributed by atoms with Gasteiger partial charge in [0.2, 0.25) is 10.0 Å². The van der Waals surface area contributed by atoms with Crippen LogP contribution in [0.5, 0.6) is 5.75 Å². The minimum atomic E-state index is -3.76. The number of ether oxygens (including phenoxy) is 1. The summed E-state index contributed by atoms with van der Waals surface area (Å²) in [6, 6.07) is 4.41. The molecule has 1 heterocycles. The number of nitrogens with zero attached hydrogens (tertiary/aromatic N) is 2. The van der Waals surface area contributed by atoms with Crippen LogP contribution in [0, 0.1) is 0 Å². The molecular weight excluding hydrogens is 386 g/mol. The monoisotopic (exact) mass is 409 g/mol. The van der Waals surface area contributed by atoms with Gasteiger partial charge in [0.15, 0.2) is 5.13 Å². The summed E-state index contributed by atoms with van der Waals surface area (Å²) in [6.07, 6.45) is 2.28. The number of hydrogen-bond donors (Lipinski definition) is 1. The van der Waals surface area contributed by atoms with Gasteiger partial charge in [0, 0.05) is 30.0 Å². The number of sulfonamides is 1. The second kappa shape index (κ2) is 7.95. The van der Waals surface area contributed by atoms with Crippen LogP contribution in [-0.2, 0) is 10.0 Å². The van der Waals surface area contributed by atoms with Crippen LogP contribution in [0.1, 0.15) is 48.7 Å². The highest BCUT2D eigenvalue weighted by atomic mass is 32.2. The molecule has 0 bridgehead atoms. The standard InChI is InChI=1S/C18H23N3O4S2/c1-4-21(5-2)27(23,24)16-10-13(8-9-15(16)25-3)17(22)20-18-19-14(11-26-18)12-6-7-12/h8-12H,4-7H2,1-3H3,(H,19,20,22). The van der Waals surface area contributed by atoms with Crippen LogP contribution in [0.4, 0.5) is 5.13 Å². The fourth-order valence-corrected chi connectivity index (χ4v) is 5.23. The molecule has 1 aliphatic carbocycles. The van der Waals surface area contributed by atoms with E-state index < -0.39 is 15.9 Å². The third-order valence-corrected chi connectivity index (χ3v) is 7.33. The lowest BCUT2D eigenvalue weighted by Crippen LogP contribution is -2.31. The van der Waals surface area contributed by atoms with Crippen molar-refractivity contribution in [3.8, 4) is 5.75 Å². The summed E-state index contributed by atoms with van der Waals surface area (Å²) in [5.74, 6) is 0.327. The zero-order chi connectivity index (χ0) is 19.6. The molecule has 0 saturated heterocycles. The van der Waals surface area contributed by atoms with Crippen LogP contribution >= 0.6 is 11.3 Å². The Kier molecular flexibility index (Phi) is 5.83. The van der Waals surface area contributed by atoms with Crippen LogP contribution in [0.25, 0.3) is 0 Å². The van der Waals surface area contributed by atoms with Gasteiger partial charge in [-0.3, -0.25) is 10.1 Å². The maximum absolute atomic E-state index is 12.9. The van der Waals surface area contributed by atoms with Crippen molar-refractivity contribution >= 4 is 32.4 Å². The van der Waals surface area contributed by atoms with Crippen LogP contribution < -0.4 is 10.1 Å². The fourth-order valence-electron chi connectivity index (χ4n) is 2.80. The van der Waals surface area contributed by atoms with E-state index in [0.717, 1.165) is 18.5 Å². The average molecular weight is 410 g/mol. The van der Waals surface area contributed by atoms with Crippen molar-refractivity contribution in [2.75, 3.05) is 25.5 Å². The number of methoxy groups -OCH3 is 1. The molecule has 0 unspecified atom stereocenters. The van der Waals surface area contributed by atoms with Gasteiger partial charge < -0.3 is 4.74 Å². The Labute approximate surface area is 163 Å². The van der Waals surface area contributed by atoms with Crippen molar-refractivity contribution < 1.29 is 17.9 Å². The molecule has 1 aliphatic rings. The first-order valence-corrected chi connectivity index (χ1v) is 11.2. The van der Waals surface area contributed by atoms with Gasteiger partial charge in [-0.1, -0.05) is 13.8 Å². The first-order valence-electron chi connectivity index (χ1n) is 8.85. The number of carbonyl (C=O) groups excluding carboxylic acids is 1. The van der Waals surface area contributed by atoms with Gasteiger partial charge in [-0.15, -0.1) is 11.3 Å². The summed E-state index contributed by atoms with van der Waals surface area (Å²) >= 11 is 1.38. The summed E-state index contributed by atoms with van der Waals surface area (Å²) in [5, 5.41) is 5.23. The van der Waals surface area contributed by atoms with Gasteiger partial charge >= 0.3 is 0 Å².